The Morgan fingerprint density at radius 1 is 1.26 bits per heavy atom. The van der Waals surface area contributed by atoms with E-state index in [1.807, 2.05) is 0 Å². The lowest BCUT2D eigenvalue weighted by atomic mass is 9.97. The highest BCUT2D eigenvalue weighted by atomic mass is 32.2. The molecule has 1 aliphatic carbocycles. The van der Waals surface area contributed by atoms with Gasteiger partial charge in [-0.1, -0.05) is 26.7 Å². The van der Waals surface area contributed by atoms with E-state index >= 15 is 0 Å². The fourth-order valence-electron chi connectivity index (χ4n) is 2.54. The van der Waals surface area contributed by atoms with Crippen LogP contribution in [0.15, 0.2) is 5.16 Å². The number of rotatable bonds is 7. The van der Waals surface area contributed by atoms with E-state index in [1.54, 1.807) is 4.57 Å². The zero-order valence-corrected chi connectivity index (χ0v) is 12.4. The maximum atomic E-state index is 11.6. The van der Waals surface area contributed by atoms with Gasteiger partial charge in [0.2, 0.25) is 0 Å². The molecule has 0 atom stereocenters. The van der Waals surface area contributed by atoms with E-state index in [0.717, 1.165) is 44.3 Å². The Hall–Kier alpha value is -0.950. The Kier molecular flexibility index (Phi) is 4.25. The molecule has 2 rings (SSSR count). The molecule has 0 aromatic carbocycles. The zero-order valence-electron chi connectivity index (χ0n) is 11.5. The molecule has 0 aliphatic heterocycles. The Balaban J connectivity index is 2.42. The second-order valence-corrected chi connectivity index (χ2v) is 6.72. The molecule has 0 saturated heterocycles. The van der Waals surface area contributed by atoms with Crippen molar-refractivity contribution in [3.63, 3.8) is 0 Å². The minimum absolute atomic E-state index is 0.0674. The Morgan fingerprint density at radius 3 is 2.26 bits per heavy atom. The minimum atomic E-state index is -3.79. The molecule has 6 nitrogen and oxygen atoms in total. The van der Waals surface area contributed by atoms with Crippen molar-refractivity contribution in [3.05, 3.63) is 5.82 Å². The van der Waals surface area contributed by atoms with Crippen molar-refractivity contribution >= 4 is 10.0 Å². The van der Waals surface area contributed by atoms with E-state index in [1.165, 1.54) is 0 Å². The first-order chi connectivity index (χ1) is 8.99. The molecule has 1 fully saturated rings. The van der Waals surface area contributed by atoms with E-state index in [4.69, 9.17) is 5.14 Å². The zero-order chi connectivity index (χ0) is 14.0. The van der Waals surface area contributed by atoms with Crippen LogP contribution >= 0.6 is 0 Å². The predicted molar refractivity (Wildman–Crippen MR) is 72.2 cm³/mol. The number of nitrogens with zero attached hydrogens (tertiary/aromatic N) is 3. The van der Waals surface area contributed by atoms with Crippen LogP contribution in [0.25, 0.3) is 0 Å². The monoisotopic (exact) mass is 286 g/mol. The number of primary sulfonamides is 1. The van der Waals surface area contributed by atoms with E-state index in [9.17, 15) is 8.42 Å². The van der Waals surface area contributed by atoms with Crippen LogP contribution in [0.3, 0.4) is 0 Å². The van der Waals surface area contributed by atoms with Crippen LogP contribution in [0, 0.1) is 0 Å². The first-order valence-electron chi connectivity index (χ1n) is 6.96. The van der Waals surface area contributed by atoms with Crippen LogP contribution in [-0.4, -0.2) is 23.2 Å². The van der Waals surface area contributed by atoms with Crippen LogP contribution in [0.2, 0.25) is 0 Å². The summed E-state index contributed by atoms with van der Waals surface area (Å²) < 4.78 is 25.0. The van der Waals surface area contributed by atoms with Gasteiger partial charge in [0, 0.05) is 12.0 Å². The van der Waals surface area contributed by atoms with Crippen molar-refractivity contribution < 1.29 is 8.42 Å². The maximum absolute atomic E-state index is 11.6. The molecule has 1 aromatic heterocycles. The Bertz CT molecular complexity index is 528. The second-order valence-electron chi connectivity index (χ2n) is 5.26. The van der Waals surface area contributed by atoms with Crippen LogP contribution in [0.5, 0.6) is 0 Å². The summed E-state index contributed by atoms with van der Waals surface area (Å²) in [4.78, 5) is 0. The van der Waals surface area contributed by atoms with Crippen molar-refractivity contribution in [2.24, 2.45) is 5.14 Å². The molecule has 0 radical (unpaired) electrons. The van der Waals surface area contributed by atoms with Crippen molar-refractivity contribution in [2.45, 2.75) is 69.5 Å². The SMILES string of the molecule is CCCC(CCC)c1nnc(S(N)(=O)=O)n1C1CC1. The summed E-state index contributed by atoms with van der Waals surface area (Å²) in [5.41, 5.74) is 0. The standard InChI is InChI=1S/C12H22N4O2S/c1-3-5-9(6-4-2)11-14-15-12(19(13,17)18)16(11)10-7-8-10/h9-10H,3-8H2,1-2H3,(H2,13,17,18). The molecule has 1 aliphatic rings. The maximum Gasteiger partial charge on any atom is 0.273 e. The van der Waals surface area contributed by atoms with Gasteiger partial charge in [-0.25, -0.2) is 13.6 Å². The number of sulfonamides is 1. The third-order valence-corrected chi connectivity index (χ3v) is 4.28. The molecule has 0 unspecified atom stereocenters. The fourth-order valence-corrected chi connectivity index (χ4v) is 3.21. The predicted octanol–water partition coefficient (Wildman–Crippen LogP) is 1.94. The number of hydrogen-bond donors (Lipinski definition) is 1. The highest BCUT2D eigenvalue weighted by Crippen LogP contribution is 2.40. The highest BCUT2D eigenvalue weighted by Gasteiger charge is 2.34. The summed E-state index contributed by atoms with van der Waals surface area (Å²) in [6.07, 6.45) is 6.07. The minimum Gasteiger partial charge on any atom is -0.297 e. The van der Waals surface area contributed by atoms with E-state index in [0.29, 0.717) is 0 Å². The van der Waals surface area contributed by atoms with Crippen molar-refractivity contribution in [2.75, 3.05) is 0 Å². The third kappa shape index (κ3) is 3.14. The topological polar surface area (TPSA) is 90.9 Å². The van der Waals surface area contributed by atoms with E-state index in [-0.39, 0.29) is 17.1 Å². The number of hydrogen-bond acceptors (Lipinski definition) is 4. The molecule has 1 aromatic rings. The summed E-state index contributed by atoms with van der Waals surface area (Å²) in [5.74, 6) is 1.08. The van der Waals surface area contributed by atoms with Gasteiger partial charge in [0.05, 0.1) is 0 Å². The molecule has 0 amide bonds. The fraction of sp³-hybridized carbons (Fsp3) is 0.833. The van der Waals surface area contributed by atoms with Crippen molar-refractivity contribution in [3.8, 4) is 0 Å². The second kappa shape index (κ2) is 5.58. The summed E-state index contributed by atoms with van der Waals surface area (Å²) in [5, 5.41) is 13.1. The quantitative estimate of drug-likeness (QED) is 0.829. The highest BCUT2D eigenvalue weighted by molar-refractivity contribution is 7.89. The summed E-state index contributed by atoms with van der Waals surface area (Å²) in [6.45, 7) is 4.25. The summed E-state index contributed by atoms with van der Waals surface area (Å²) in [6, 6.07) is 0.217. The largest absolute Gasteiger partial charge is 0.297 e. The lowest BCUT2D eigenvalue weighted by Gasteiger charge is -2.16. The number of aromatic nitrogens is 3. The lowest BCUT2D eigenvalue weighted by molar-refractivity contribution is 0.488. The van der Waals surface area contributed by atoms with Gasteiger partial charge in [-0.2, -0.15) is 0 Å². The van der Waals surface area contributed by atoms with E-state index in [2.05, 4.69) is 24.0 Å². The molecule has 2 N–H and O–H groups in total. The average molecular weight is 286 g/mol. The third-order valence-electron chi connectivity index (χ3n) is 3.50. The van der Waals surface area contributed by atoms with Crippen LogP contribution in [-0.2, 0) is 10.0 Å². The van der Waals surface area contributed by atoms with Crippen LogP contribution < -0.4 is 5.14 Å². The van der Waals surface area contributed by atoms with Crippen molar-refractivity contribution in [1.82, 2.24) is 14.8 Å². The molecule has 19 heavy (non-hydrogen) atoms. The normalized spacial score (nSPS) is 16.2. The molecule has 1 heterocycles. The van der Waals surface area contributed by atoms with Gasteiger partial charge in [0.15, 0.2) is 0 Å². The van der Waals surface area contributed by atoms with E-state index < -0.39 is 10.0 Å². The van der Waals surface area contributed by atoms with Gasteiger partial charge in [-0.3, -0.25) is 4.57 Å². The molecule has 108 valence electrons. The lowest BCUT2D eigenvalue weighted by Crippen LogP contribution is -2.19. The first-order valence-corrected chi connectivity index (χ1v) is 8.51. The molecule has 0 spiro atoms. The van der Waals surface area contributed by atoms with Crippen LogP contribution in [0.4, 0.5) is 0 Å². The summed E-state index contributed by atoms with van der Waals surface area (Å²) in [7, 11) is -3.79. The van der Waals surface area contributed by atoms with Gasteiger partial charge in [0.25, 0.3) is 15.2 Å². The van der Waals surface area contributed by atoms with Crippen molar-refractivity contribution in [1.29, 1.82) is 0 Å². The van der Waals surface area contributed by atoms with Gasteiger partial charge in [0.1, 0.15) is 5.82 Å². The molecule has 0 bridgehead atoms. The molecule has 7 heteroatoms. The van der Waals surface area contributed by atoms with Gasteiger partial charge in [-0.15, -0.1) is 10.2 Å². The molecule has 1 saturated carbocycles. The smallest absolute Gasteiger partial charge is 0.273 e. The molecular formula is C12H22N4O2S. The average Bonchev–Trinajstić information content (AvgIpc) is 3.06. The summed E-state index contributed by atoms with van der Waals surface area (Å²) >= 11 is 0. The van der Waals surface area contributed by atoms with Crippen LogP contribution in [0.1, 0.15) is 70.2 Å². The van der Waals surface area contributed by atoms with Gasteiger partial charge in [-0.05, 0) is 25.7 Å². The molecular weight excluding hydrogens is 264 g/mol. The number of nitrogens with two attached hydrogens (primary N) is 1. The van der Waals surface area contributed by atoms with Gasteiger partial charge >= 0.3 is 0 Å². The first kappa shape index (κ1) is 14.5. The van der Waals surface area contributed by atoms with Gasteiger partial charge < -0.3 is 0 Å². The Labute approximate surface area is 114 Å². The Morgan fingerprint density at radius 2 is 1.84 bits per heavy atom.